The highest BCUT2D eigenvalue weighted by atomic mass is 14.7. The van der Waals surface area contributed by atoms with Crippen LogP contribution in [0.5, 0.6) is 0 Å². The Morgan fingerprint density at radius 1 is 1.25 bits per heavy atom. The minimum atomic E-state index is 0.270. The molecule has 0 spiro atoms. The first kappa shape index (κ1) is 10.3. The van der Waals surface area contributed by atoms with E-state index in [0.29, 0.717) is 5.41 Å². The van der Waals surface area contributed by atoms with E-state index in [1.54, 1.807) is 11.1 Å². The Balaban J connectivity index is 2.06. The normalized spacial score (nSPS) is 31.4. The molecule has 3 rings (SSSR count). The van der Waals surface area contributed by atoms with Gasteiger partial charge in [-0.05, 0) is 41.7 Å². The highest BCUT2D eigenvalue weighted by molar-refractivity contribution is 5.45. The van der Waals surface area contributed by atoms with Crippen LogP contribution in [0, 0.1) is 5.41 Å². The van der Waals surface area contributed by atoms with E-state index < -0.39 is 0 Å². The van der Waals surface area contributed by atoms with E-state index in [1.807, 2.05) is 0 Å². The number of nitrogens with two attached hydrogens (primary N) is 1. The van der Waals surface area contributed by atoms with Gasteiger partial charge in [-0.2, -0.15) is 0 Å². The van der Waals surface area contributed by atoms with Gasteiger partial charge in [0.15, 0.2) is 0 Å². The molecule has 2 saturated carbocycles. The SMILES string of the molecule is CC1(C)CC1(CN)c1ccccc1C1CC1. The molecule has 16 heavy (non-hydrogen) atoms. The minimum absolute atomic E-state index is 0.270. The average molecular weight is 215 g/mol. The molecule has 2 aliphatic carbocycles. The first-order valence-electron chi connectivity index (χ1n) is 6.40. The van der Waals surface area contributed by atoms with E-state index in [-0.39, 0.29) is 5.41 Å². The molecule has 0 aromatic heterocycles. The number of hydrogen-bond acceptors (Lipinski definition) is 1. The summed E-state index contributed by atoms with van der Waals surface area (Å²) < 4.78 is 0. The van der Waals surface area contributed by atoms with E-state index in [1.165, 1.54) is 19.3 Å². The Labute approximate surface area is 98.0 Å². The molecule has 0 saturated heterocycles. The van der Waals surface area contributed by atoms with Crippen LogP contribution in [0.3, 0.4) is 0 Å². The van der Waals surface area contributed by atoms with Gasteiger partial charge in [-0.1, -0.05) is 38.1 Å². The molecule has 86 valence electrons. The second kappa shape index (κ2) is 3.10. The molecule has 0 amide bonds. The summed E-state index contributed by atoms with van der Waals surface area (Å²) in [6.45, 7) is 5.50. The number of benzene rings is 1. The molecule has 0 bridgehead atoms. The van der Waals surface area contributed by atoms with Crippen molar-refractivity contribution >= 4 is 0 Å². The standard InChI is InChI=1S/C15H21N/c1-14(2)9-15(14,10-16)13-6-4-3-5-12(13)11-7-8-11/h3-6,11H,7-10,16H2,1-2H3. The molecule has 1 aromatic carbocycles. The lowest BCUT2D eigenvalue weighted by Crippen LogP contribution is -2.26. The van der Waals surface area contributed by atoms with Crippen LogP contribution < -0.4 is 5.73 Å². The minimum Gasteiger partial charge on any atom is -0.330 e. The van der Waals surface area contributed by atoms with Crippen molar-refractivity contribution < 1.29 is 0 Å². The molecule has 1 heteroatoms. The van der Waals surface area contributed by atoms with Crippen LogP contribution in [0.1, 0.15) is 50.2 Å². The third kappa shape index (κ3) is 1.27. The Morgan fingerprint density at radius 3 is 2.38 bits per heavy atom. The van der Waals surface area contributed by atoms with Crippen molar-refractivity contribution in [2.75, 3.05) is 6.54 Å². The van der Waals surface area contributed by atoms with Crippen molar-refractivity contribution in [3.05, 3.63) is 35.4 Å². The van der Waals surface area contributed by atoms with Crippen molar-refractivity contribution in [2.45, 2.75) is 44.4 Å². The van der Waals surface area contributed by atoms with Crippen molar-refractivity contribution in [1.82, 2.24) is 0 Å². The van der Waals surface area contributed by atoms with Crippen LogP contribution in [0.25, 0.3) is 0 Å². The summed E-state index contributed by atoms with van der Waals surface area (Å²) in [4.78, 5) is 0. The van der Waals surface area contributed by atoms with Gasteiger partial charge in [0.2, 0.25) is 0 Å². The maximum absolute atomic E-state index is 6.07. The molecule has 1 unspecified atom stereocenters. The Kier molecular flexibility index (Phi) is 2.00. The van der Waals surface area contributed by atoms with E-state index in [2.05, 4.69) is 38.1 Å². The van der Waals surface area contributed by atoms with E-state index in [9.17, 15) is 0 Å². The fourth-order valence-electron chi connectivity index (χ4n) is 3.31. The first-order valence-corrected chi connectivity index (χ1v) is 6.40. The summed E-state index contributed by atoms with van der Waals surface area (Å²) in [6.07, 6.45) is 4.00. The third-order valence-corrected chi connectivity index (χ3v) is 4.76. The topological polar surface area (TPSA) is 26.0 Å². The predicted octanol–water partition coefficient (Wildman–Crippen LogP) is 3.19. The highest BCUT2D eigenvalue weighted by Gasteiger charge is 2.61. The predicted molar refractivity (Wildman–Crippen MR) is 67.5 cm³/mol. The molecule has 2 N–H and O–H groups in total. The quantitative estimate of drug-likeness (QED) is 0.823. The van der Waals surface area contributed by atoms with Gasteiger partial charge in [0.1, 0.15) is 0 Å². The highest BCUT2D eigenvalue weighted by Crippen LogP contribution is 2.65. The van der Waals surface area contributed by atoms with E-state index in [0.717, 1.165) is 12.5 Å². The fraction of sp³-hybridized carbons (Fsp3) is 0.600. The number of rotatable bonds is 3. The summed E-state index contributed by atoms with van der Waals surface area (Å²) in [5.74, 6) is 0.830. The molecular formula is C15H21N. The second-order valence-corrected chi connectivity index (χ2v) is 6.21. The first-order chi connectivity index (χ1) is 7.61. The molecule has 0 heterocycles. The summed E-state index contributed by atoms with van der Waals surface area (Å²) >= 11 is 0. The molecule has 2 fully saturated rings. The van der Waals surface area contributed by atoms with Crippen molar-refractivity contribution in [1.29, 1.82) is 0 Å². The van der Waals surface area contributed by atoms with Crippen LogP contribution in [-0.2, 0) is 5.41 Å². The van der Waals surface area contributed by atoms with Crippen LogP contribution in [0.4, 0.5) is 0 Å². The lowest BCUT2D eigenvalue weighted by Gasteiger charge is -2.22. The van der Waals surface area contributed by atoms with Crippen LogP contribution >= 0.6 is 0 Å². The molecule has 2 aliphatic rings. The van der Waals surface area contributed by atoms with Crippen molar-refractivity contribution in [3.8, 4) is 0 Å². The maximum Gasteiger partial charge on any atom is 0.0135 e. The van der Waals surface area contributed by atoms with Crippen LogP contribution in [0.15, 0.2) is 24.3 Å². The van der Waals surface area contributed by atoms with Crippen LogP contribution in [-0.4, -0.2) is 6.54 Å². The lowest BCUT2D eigenvalue weighted by molar-refractivity contribution is 0.500. The summed E-state index contributed by atoms with van der Waals surface area (Å²) in [5.41, 5.74) is 9.86. The smallest absolute Gasteiger partial charge is 0.0135 e. The molecule has 0 radical (unpaired) electrons. The van der Waals surface area contributed by atoms with Crippen molar-refractivity contribution in [2.24, 2.45) is 11.1 Å². The van der Waals surface area contributed by atoms with Gasteiger partial charge in [-0.25, -0.2) is 0 Å². The zero-order valence-corrected chi connectivity index (χ0v) is 10.3. The maximum atomic E-state index is 6.07. The van der Waals surface area contributed by atoms with Crippen molar-refractivity contribution in [3.63, 3.8) is 0 Å². The summed E-state index contributed by atoms with van der Waals surface area (Å²) in [5, 5.41) is 0. The summed E-state index contributed by atoms with van der Waals surface area (Å²) in [6, 6.07) is 8.98. The van der Waals surface area contributed by atoms with Gasteiger partial charge >= 0.3 is 0 Å². The lowest BCUT2D eigenvalue weighted by atomic mass is 9.84. The molecule has 1 aromatic rings. The monoisotopic (exact) mass is 215 g/mol. The van der Waals surface area contributed by atoms with E-state index >= 15 is 0 Å². The van der Waals surface area contributed by atoms with Gasteiger partial charge in [-0.3, -0.25) is 0 Å². The zero-order chi connectivity index (χ0) is 11.4. The molecule has 1 atom stereocenters. The fourth-order valence-corrected chi connectivity index (χ4v) is 3.31. The molecular weight excluding hydrogens is 194 g/mol. The Bertz CT molecular complexity index is 417. The molecule has 0 aliphatic heterocycles. The van der Waals surface area contributed by atoms with Gasteiger partial charge in [0.25, 0.3) is 0 Å². The van der Waals surface area contributed by atoms with E-state index in [4.69, 9.17) is 5.73 Å². The second-order valence-electron chi connectivity index (χ2n) is 6.21. The Morgan fingerprint density at radius 2 is 1.88 bits per heavy atom. The summed E-state index contributed by atoms with van der Waals surface area (Å²) in [7, 11) is 0. The van der Waals surface area contributed by atoms with Crippen LogP contribution in [0.2, 0.25) is 0 Å². The average Bonchev–Trinajstić information content (AvgIpc) is 3.15. The number of hydrogen-bond donors (Lipinski definition) is 1. The molecule has 1 nitrogen and oxygen atoms in total. The van der Waals surface area contributed by atoms with Gasteiger partial charge in [-0.15, -0.1) is 0 Å². The van der Waals surface area contributed by atoms with Gasteiger partial charge < -0.3 is 5.73 Å². The zero-order valence-electron chi connectivity index (χ0n) is 10.3. The third-order valence-electron chi connectivity index (χ3n) is 4.76. The van der Waals surface area contributed by atoms with Gasteiger partial charge in [0, 0.05) is 12.0 Å². The van der Waals surface area contributed by atoms with Gasteiger partial charge in [0.05, 0.1) is 0 Å². The largest absolute Gasteiger partial charge is 0.330 e. The Hall–Kier alpha value is -0.820.